The van der Waals surface area contributed by atoms with Gasteiger partial charge in [-0.1, -0.05) is 13.0 Å². The molecule has 2 aliphatic rings. The molecule has 0 aliphatic carbocycles. The summed E-state index contributed by atoms with van der Waals surface area (Å²) in [5.41, 5.74) is 7.74. The van der Waals surface area contributed by atoms with Crippen LogP contribution < -0.4 is 20.3 Å². The number of hydrogen-bond donors (Lipinski definition) is 2. The summed E-state index contributed by atoms with van der Waals surface area (Å²) in [6.07, 6.45) is 0. The average molecular weight is 206 g/mol. The minimum atomic E-state index is 0.140. The molecule has 1 aromatic carbocycles. The average Bonchev–Trinajstić information content (AvgIpc) is 2.85. The third-order valence-corrected chi connectivity index (χ3v) is 3.15. The second-order valence-corrected chi connectivity index (χ2v) is 4.34. The lowest BCUT2D eigenvalue weighted by atomic mass is 9.83. The Hall–Kier alpha value is -1.26. The zero-order valence-corrected chi connectivity index (χ0v) is 8.67. The highest BCUT2D eigenvalue weighted by Gasteiger charge is 2.31. The molecule has 1 saturated heterocycles. The Morgan fingerprint density at radius 3 is 2.67 bits per heavy atom. The highest BCUT2D eigenvalue weighted by atomic mass is 16.7. The van der Waals surface area contributed by atoms with Crippen molar-refractivity contribution in [3.63, 3.8) is 0 Å². The molecule has 0 amide bonds. The molecule has 4 nitrogen and oxygen atoms in total. The van der Waals surface area contributed by atoms with Crippen LogP contribution in [-0.2, 0) is 5.41 Å². The first kappa shape index (κ1) is 9.00. The number of benzene rings is 1. The predicted molar refractivity (Wildman–Crippen MR) is 55.9 cm³/mol. The first-order valence-corrected chi connectivity index (χ1v) is 5.14. The van der Waals surface area contributed by atoms with Crippen LogP contribution in [0.2, 0.25) is 0 Å². The van der Waals surface area contributed by atoms with Gasteiger partial charge in [0, 0.05) is 18.5 Å². The minimum Gasteiger partial charge on any atom is -0.454 e. The van der Waals surface area contributed by atoms with Gasteiger partial charge in [-0.15, -0.1) is 0 Å². The number of ether oxygens (including phenoxy) is 2. The summed E-state index contributed by atoms with van der Waals surface area (Å²) in [5.74, 6) is 1.71. The van der Waals surface area contributed by atoms with Crippen molar-refractivity contribution in [1.82, 2.24) is 10.9 Å². The molecular weight excluding hydrogens is 192 g/mol. The lowest BCUT2D eigenvalue weighted by molar-refractivity contribution is 0.174. The molecule has 0 bridgehead atoms. The molecule has 0 unspecified atom stereocenters. The van der Waals surface area contributed by atoms with E-state index < -0.39 is 0 Å². The number of fused-ring (bicyclic) bond motifs is 1. The van der Waals surface area contributed by atoms with Gasteiger partial charge in [-0.05, 0) is 17.7 Å². The van der Waals surface area contributed by atoms with E-state index in [1.54, 1.807) is 0 Å². The zero-order valence-electron chi connectivity index (χ0n) is 8.67. The predicted octanol–water partition coefficient (Wildman–Crippen LogP) is 0.781. The molecule has 2 heterocycles. The van der Waals surface area contributed by atoms with Gasteiger partial charge in [-0.25, -0.2) is 0 Å². The Morgan fingerprint density at radius 1 is 1.13 bits per heavy atom. The largest absolute Gasteiger partial charge is 0.454 e. The van der Waals surface area contributed by atoms with Crippen molar-refractivity contribution >= 4 is 0 Å². The Labute approximate surface area is 88.5 Å². The number of nitrogens with one attached hydrogen (secondary N) is 2. The van der Waals surface area contributed by atoms with E-state index in [9.17, 15) is 0 Å². The van der Waals surface area contributed by atoms with Gasteiger partial charge >= 0.3 is 0 Å². The number of hydrogen-bond acceptors (Lipinski definition) is 4. The van der Waals surface area contributed by atoms with Crippen molar-refractivity contribution in [1.29, 1.82) is 0 Å². The maximum atomic E-state index is 5.38. The van der Waals surface area contributed by atoms with Gasteiger partial charge in [0.15, 0.2) is 11.5 Å². The summed E-state index contributed by atoms with van der Waals surface area (Å²) in [5, 5.41) is 0. The van der Waals surface area contributed by atoms with E-state index in [1.165, 1.54) is 5.56 Å². The Balaban J connectivity index is 1.98. The van der Waals surface area contributed by atoms with Gasteiger partial charge < -0.3 is 9.47 Å². The standard InChI is InChI=1S/C11H14N2O2/c1-11(5-12-13-6-11)8-2-3-9-10(4-8)15-7-14-9/h2-4,12-13H,5-7H2,1H3. The van der Waals surface area contributed by atoms with E-state index in [1.807, 2.05) is 6.07 Å². The number of hydrazine groups is 1. The molecule has 0 aromatic heterocycles. The SMILES string of the molecule is CC1(c2ccc3c(c2)OCO3)CNNC1. The van der Waals surface area contributed by atoms with E-state index in [0.29, 0.717) is 6.79 Å². The van der Waals surface area contributed by atoms with E-state index in [4.69, 9.17) is 9.47 Å². The molecule has 1 fully saturated rings. The minimum absolute atomic E-state index is 0.140. The van der Waals surface area contributed by atoms with Gasteiger partial charge in [0.05, 0.1) is 0 Å². The first-order valence-electron chi connectivity index (χ1n) is 5.14. The molecule has 4 heteroatoms. The lowest BCUT2D eigenvalue weighted by Gasteiger charge is -2.22. The molecule has 0 saturated carbocycles. The monoisotopic (exact) mass is 206 g/mol. The molecule has 3 rings (SSSR count). The Bertz CT molecular complexity index is 386. The van der Waals surface area contributed by atoms with Gasteiger partial charge in [0.1, 0.15) is 0 Å². The van der Waals surface area contributed by atoms with Crippen LogP contribution in [0, 0.1) is 0 Å². The third kappa shape index (κ3) is 1.37. The zero-order chi connectivity index (χ0) is 10.3. The summed E-state index contributed by atoms with van der Waals surface area (Å²) < 4.78 is 10.7. The van der Waals surface area contributed by atoms with E-state index in [0.717, 1.165) is 24.6 Å². The van der Waals surface area contributed by atoms with Crippen LogP contribution in [0.15, 0.2) is 18.2 Å². The van der Waals surface area contributed by atoms with Crippen LogP contribution >= 0.6 is 0 Å². The van der Waals surface area contributed by atoms with E-state index in [2.05, 4.69) is 29.9 Å². The smallest absolute Gasteiger partial charge is 0.231 e. The second kappa shape index (κ2) is 3.12. The van der Waals surface area contributed by atoms with Crippen molar-refractivity contribution in [3.05, 3.63) is 23.8 Å². The first-order chi connectivity index (χ1) is 7.28. The van der Waals surface area contributed by atoms with Crippen molar-refractivity contribution in [3.8, 4) is 11.5 Å². The summed E-state index contributed by atoms with van der Waals surface area (Å²) >= 11 is 0. The van der Waals surface area contributed by atoms with Crippen molar-refractivity contribution in [2.45, 2.75) is 12.3 Å². The van der Waals surface area contributed by atoms with Crippen LogP contribution in [0.4, 0.5) is 0 Å². The molecule has 0 radical (unpaired) electrons. The molecule has 2 aliphatic heterocycles. The fourth-order valence-corrected chi connectivity index (χ4v) is 2.05. The lowest BCUT2D eigenvalue weighted by Crippen LogP contribution is -2.27. The quantitative estimate of drug-likeness (QED) is 0.712. The Kier molecular flexibility index (Phi) is 1.87. The van der Waals surface area contributed by atoms with Crippen molar-refractivity contribution in [2.75, 3.05) is 19.9 Å². The molecule has 1 aromatic rings. The summed E-state index contributed by atoms with van der Waals surface area (Å²) in [4.78, 5) is 0. The maximum absolute atomic E-state index is 5.38. The van der Waals surface area contributed by atoms with Gasteiger partial charge in [-0.2, -0.15) is 0 Å². The van der Waals surface area contributed by atoms with Gasteiger partial charge in [0.25, 0.3) is 0 Å². The van der Waals surface area contributed by atoms with Crippen LogP contribution in [0.5, 0.6) is 11.5 Å². The second-order valence-electron chi connectivity index (χ2n) is 4.34. The summed E-state index contributed by atoms with van der Waals surface area (Å²) in [6, 6.07) is 6.18. The van der Waals surface area contributed by atoms with Gasteiger partial charge in [-0.3, -0.25) is 10.9 Å². The fourth-order valence-electron chi connectivity index (χ4n) is 2.05. The topological polar surface area (TPSA) is 42.5 Å². The molecule has 80 valence electrons. The molecule has 15 heavy (non-hydrogen) atoms. The normalized spacial score (nSPS) is 21.9. The Morgan fingerprint density at radius 2 is 1.87 bits per heavy atom. The number of rotatable bonds is 1. The van der Waals surface area contributed by atoms with E-state index in [-0.39, 0.29) is 5.41 Å². The summed E-state index contributed by atoms with van der Waals surface area (Å²) in [6.45, 7) is 4.45. The van der Waals surface area contributed by atoms with Gasteiger partial charge in [0.2, 0.25) is 6.79 Å². The van der Waals surface area contributed by atoms with Crippen LogP contribution in [0.1, 0.15) is 12.5 Å². The third-order valence-electron chi connectivity index (χ3n) is 3.15. The molecular formula is C11H14N2O2. The highest BCUT2D eigenvalue weighted by molar-refractivity contribution is 5.46. The van der Waals surface area contributed by atoms with Crippen molar-refractivity contribution in [2.24, 2.45) is 0 Å². The van der Waals surface area contributed by atoms with E-state index >= 15 is 0 Å². The van der Waals surface area contributed by atoms with Crippen LogP contribution in [0.3, 0.4) is 0 Å². The maximum Gasteiger partial charge on any atom is 0.231 e. The molecule has 0 spiro atoms. The van der Waals surface area contributed by atoms with Crippen LogP contribution in [0.25, 0.3) is 0 Å². The fraction of sp³-hybridized carbons (Fsp3) is 0.455. The van der Waals surface area contributed by atoms with Crippen LogP contribution in [-0.4, -0.2) is 19.9 Å². The van der Waals surface area contributed by atoms with Crippen molar-refractivity contribution < 1.29 is 9.47 Å². The molecule has 0 atom stereocenters. The summed E-state index contributed by atoms with van der Waals surface area (Å²) in [7, 11) is 0. The highest BCUT2D eigenvalue weighted by Crippen LogP contribution is 2.36. The molecule has 2 N–H and O–H groups in total.